The fourth-order valence-electron chi connectivity index (χ4n) is 9.74. The Morgan fingerprint density at radius 2 is 0.500 bits per heavy atom. The van der Waals surface area contributed by atoms with Crippen LogP contribution in [0.1, 0.15) is 205 Å². The van der Waals surface area contributed by atoms with E-state index in [0.29, 0.717) is 56.0 Å². The molecule has 16 heteroatoms. The third-order valence-electron chi connectivity index (χ3n) is 14.5. The van der Waals surface area contributed by atoms with Crippen molar-refractivity contribution in [3.05, 3.63) is 115 Å². The Morgan fingerprint density at radius 3 is 0.679 bits per heavy atom. The van der Waals surface area contributed by atoms with Crippen LogP contribution in [0.3, 0.4) is 0 Å². The number of hydrogen-bond acceptors (Lipinski definition) is 16. The molecule has 0 aliphatic heterocycles. The molecular weight excluding hydrogens is 1070 g/mol. The van der Waals surface area contributed by atoms with Crippen LogP contribution in [0, 0.1) is 0 Å². The lowest BCUT2D eigenvalue weighted by molar-refractivity contribution is -0.179. The van der Waals surface area contributed by atoms with E-state index in [-0.39, 0.29) is 76.8 Å². The molecule has 0 amide bonds. The number of fused-ring (bicyclic) bond motifs is 8. The summed E-state index contributed by atoms with van der Waals surface area (Å²) in [4.78, 5) is 84.4. The quantitative estimate of drug-likeness (QED) is 0.0405. The van der Waals surface area contributed by atoms with E-state index in [4.69, 9.17) is 47.4 Å². The van der Waals surface area contributed by atoms with E-state index in [0.717, 1.165) is 22.3 Å². The monoisotopic (exact) mass is 1160 g/mol. The topological polar surface area (TPSA) is 195 Å². The molecule has 16 nitrogen and oxygen atoms in total. The molecule has 1 aliphatic rings. The van der Waals surface area contributed by atoms with E-state index in [1.807, 2.05) is 48.5 Å². The minimum absolute atomic E-state index is 0.0307. The van der Waals surface area contributed by atoms with Crippen molar-refractivity contribution in [2.24, 2.45) is 0 Å². The molecule has 0 heterocycles. The van der Waals surface area contributed by atoms with Gasteiger partial charge in [-0.05, 0) is 144 Å². The van der Waals surface area contributed by atoms with E-state index in [9.17, 15) is 28.8 Å². The van der Waals surface area contributed by atoms with Crippen LogP contribution in [-0.4, -0.2) is 99.9 Å². The highest BCUT2D eigenvalue weighted by atomic mass is 16.6. The van der Waals surface area contributed by atoms with Crippen LogP contribution >= 0.6 is 0 Å². The van der Waals surface area contributed by atoms with Gasteiger partial charge in [0.2, 0.25) is 0 Å². The Morgan fingerprint density at radius 1 is 0.310 bits per heavy atom. The highest BCUT2D eigenvalue weighted by molar-refractivity contribution is 6.04. The van der Waals surface area contributed by atoms with Crippen LogP contribution in [0.4, 0.5) is 0 Å². The summed E-state index contributed by atoms with van der Waals surface area (Å²) in [6.07, 6.45) is 0.123. The van der Waals surface area contributed by atoms with Gasteiger partial charge < -0.3 is 47.4 Å². The molecule has 0 aromatic heterocycles. The van der Waals surface area contributed by atoms with Crippen molar-refractivity contribution in [3.63, 3.8) is 0 Å². The van der Waals surface area contributed by atoms with Gasteiger partial charge in [-0.25, -0.2) is 28.8 Å². The molecule has 1 aliphatic carbocycles. The van der Waals surface area contributed by atoms with Crippen molar-refractivity contribution in [3.8, 4) is 23.0 Å². The van der Waals surface area contributed by atoms with E-state index in [1.54, 1.807) is 41.5 Å². The van der Waals surface area contributed by atoms with Crippen molar-refractivity contribution in [2.45, 2.75) is 197 Å². The lowest BCUT2D eigenvalue weighted by Crippen LogP contribution is -2.51. The van der Waals surface area contributed by atoms with Gasteiger partial charge in [0.15, 0.2) is 13.2 Å². The predicted molar refractivity (Wildman–Crippen MR) is 321 cm³/mol. The van der Waals surface area contributed by atoms with Crippen LogP contribution in [0.25, 0.3) is 0 Å². The Kier molecular flexibility index (Phi) is 22.0. The normalized spacial score (nSPS) is 13.0. The zero-order chi connectivity index (χ0) is 62.9. The fraction of sp³-hybridized carbons (Fsp3) is 0.559. The fourth-order valence-corrected chi connectivity index (χ4v) is 9.74. The first kappa shape index (κ1) is 67.7. The molecule has 4 aromatic rings. The van der Waals surface area contributed by atoms with Gasteiger partial charge in [-0.15, -0.1) is 0 Å². The maximum atomic E-state index is 14.4. The van der Waals surface area contributed by atoms with Crippen LogP contribution in [0.2, 0.25) is 0 Å². The molecular formula is C68H92O16. The van der Waals surface area contributed by atoms with Gasteiger partial charge >= 0.3 is 35.8 Å². The maximum Gasteiger partial charge on any atom is 0.362 e. The van der Waals surface area contributed by atoms with E-state index in [2.05, 4.69) is 83.1 Å². The Hall–Kier alpha value is -7.10. The lowest BCUT2D eigenvalue weighted by Gasteiger charge is -2.32. The molecule has 0 N–H and O–H groups in total. The van der Waals surface area contributed by atoms with Crippen molar-refractivity contribution in [1.29, 1.82) is 0 Å². The molecule has 0 spiro atoms. The number of ether oxygens (including phenoxy) is 10. The van der Waals surface area contributed by atoms with Crippen LogP contribution < -0.4 is 18.9 Å². The number of esters is 6. The Bertz CT molecular complexity index is 2730. The highest BCUT2D eigenvalue weighted by Gasteiger charge is 2.50. The summed E-state index contributed by atoms with van der Waals surface area (Å²) in [6.45, 7) is 36.6. The summed E-state index contributed by atoms with van der Waals surface area (Å²) < 4.78 is 60.8. The molecule has 0 unspecified atom stereocenters. The molecule has 0 saturated heterocycles. The third-order valence-corrected chi connectivity index (χ3v) is 14.5. The standard InChI is InChI=1S/C68H92O16/c1-21-75-53(69)39-81-55-41-27-45-35-51(65(13,14)15)37-47(57(45)83-67(19,59(71)77-23-3)60(72)78-24-4)29-43-33-50(64(10,11)12)34-44(56(43)82-40-54(70)76-22-2)30-48-38-52(66(16,17)18)36-46(28-42(55)32-49(31-41)63(7,8)9)58(48)84-68(20,61(73)79-25-5)62(74)80-26-6/h31-38H,21-30,39-40H2,1-20H3. The molecule has 0 radical (unpaired) electrons. The number of rotatable bonds is 20. The van der Waals surface area contributed by atoms with Crippen molar-refractivity contribution >= 4 is 35.8 Å². The van der Waals surface area contributed by atoms with E-state index >= 15 is 0 Å². The number of carbonyl (C=O) groups is 6. The molecule has 0 fully saturated rings. The summed E-state index contributed by atoms with van der Waals surface area (Å²) in [5, 5.41) is 0. The van der Waals surface area contributed by atoms with E-state index in [1.165, 1.54) is 13.8 Å². The van der Waals surface area contributed by atoms with Gasteiger partial charge in [-0.1, -0.05) is 132 Å². The van der Waals surface area contributed by atoms with E-state index < -0.39 is 81.9 Å². The lowest BCUT2D eigenvalue weighted by atomic mass is 9.79. The van der Waals surface area contributed by atoms with Gasteiger partial charge in [0.1, 0.15) is 23.0 Å². The molecule has 5 rings (SSSR count). The summed E-state index contributed by atoms with van der Waals surface area (Å²) in [7, 11) is 0. The molecule has 84 heavy (non-hydrogen) atoms. The van der Waals surface area contributed by atoms with Crippen LogP contribution in [0.5, 0.6) is 23.0 Å². The maximum absolute atomic E-state index is 14.4. The number of carbonyl (C=O) groups excluding carboxylic acids is 6. The molecule has 8 bridgehead atoms. The second-order valence-corrected chi connectivity index (χ2v) is 25.5. The summed E-state index contributed by atoms with van der Waals surface area (Å²) >= 11 is 0. The largest absolute Gasteiger partial charge is 0.481 e. The van der Waals surface area contributed by atoms with Gasteiger partial charge in [0.25, 0.3) is 11.2 Å². The Labute approximate surface area is 498 Å². The first-order valence-electron chi connectivity index (χ1n) is 29.4. The Balaban J connectivity index is 2.18. The average molecular weight is 1170 g/mol. The zero-order valence-corrected chi connectivity index (χ0v) is 53.6. The summed E-state index contributed by atoms with van der Waals surface area (Å²) in [6, 6.07) is 16.0. The zero-order valence-electron chi connectivity index (χ0n) is 53.6. The second kappa shape index (κ2) is 27.3. The predicted octanol–water partition coefficient (Wildman–Crippen LogP) is 12.0. The smallest absolute Gasteiger partial charge is 0.362 e. The van der Waals surface area contributed by atoms with Gasteiger partial charge in [-0.3, -0.25) is 0 Å². The first-order chi connectivity index (χ1) is 39.1. The minimum atomic E-state index is -2.34. The van der Waals surface area contributed by atoms with Gasteiger partial charge in [0.05, 0.1) is 39.6 Å². The number of benzene rings is 4. The highest BCUT2D eigenvalue weighted by Crippen LogP contribution is 2.46. The van der Waals surface area contributed by atoms with Gasteiger partial charge in [-0.2, -0.15) is 0 Å². The molecule has 4 aromatic carbocycles. The van der Waals surface area contributed by atoms with Crippen molar-refractivity contribution in [1.82, 2.24) is 0 Å². The molecule has 0 saturated carbocycles. The van der Waals surface area contributed by atoms with Crippen molar-refractivity contribution in [2.75, 3.05) is 52.9 Å². The second-order valence-electron chi connectivity index (χ2n) is 25.5. The summed E-state index contributed by atoms with van der Waals surface area (Å²) in [5.41, 5.74) is 1.28. The summed E-state index contributed by atoms with van der Waals surface area (Å²) in [5.74, 6) is -4.13. The van der Waals surface area contributed by atoms with Crippen LogP contribution in [-0.2, 0) is 105 Å². The minimum Gasteiger partial charge on any atom is -0.481 e. The van der Waals surface area contributed by atoms with Crippen LogP contribution in [0.15, 0.2) is 48.5 Å². The number of hydrogen-bond donors (Lipinski definition) is 0. The van der Waals surface area contributed by atoms with Crippen molar-refractivity contribution < 1.29 is 76.1 Å². The van der Waals surface area contributed by atoms with Gasteiger partial charge in [0, 0.05) is 25.7 Å². The SMILES string of the molecule is CCOC(=O)COc1c2cc(C(C)(C)C)cc1Cc1cc(C(C)(C)C)cc(c1OC(C)(C(=O)OCC)C(=O)OCC)Cc1cc(C(C)(C)C)cc(c1OCC(=O)OCC)Cc1cc(C(C)(C)C)cc(c1OC(C)(C(=O)OCC)C(=O)OCC)C2. The third kappa shape index (κ3) is 16.2. The molecule has 0 atom stereocenters. The molecule has 460 valence electrons. The average Bonchev–Trinajstić information content (AvgIpc) is 1.68. The first-order valence-corrected chi connectivity index (χ1v) is 29.4.